The van der Waals surface area contributed by atoms with E-state index in [2.05, 4.69) is 5.32 Å². The molecule has 0 aliphatic carbocycles. The first-order chi connectivity index (χ1) is 12.6. The Morgan fingerprint density at radius 3 is 2.69 bits per heavy atom. The van der Waals surface area contributed by atoms with Crippen LogP contribution in [0.1, 0.15) is 23.6 Å². The van der Waals surface area contributed by atoms with Gasteiger partial charge in [-0.25, -0.2) is 4.79 Å². The Hall–Kier alpha value is -2.79. The zero-order valence-electron chi connectivity index (χ0n) is 15.0. The maximum absolute atomic E-state index is 11.8. The van der Waals surface area contributed by atoms with E-state index in [4.69, 9.17) is 9.15 Å². The summed E-state index contributed by atoms with van der Waals surface area (Å²) in [6.07, 6.45) is 1.53. The van der Waals surface area contributed by atoms with Gasteiger partial charge in [0, 0.05) is 24.1 Å². The zero-order valence-corrected chi connectivity index (χ0v) is 15.0. The maximum atomic E-state index is 11.8. The molecule has 136 valence electrons. The van der Waals surface area contributed by atoms with Gasteiger partial charge in [-0.2, -0.15) is 0 Å². The maximum Gasteiger partial charge on any atom is 0.336 e. The van der Waals surface area contributed by atoms with E-state index < -0.39 is 5.63 Å². The molecule has 3 aromatic rings. The number of phenolic OH excluding ortho intramolecular Hbond substituents is 1. The Labute approximate surface area is 152 Å². The SMILES string of the molecule is CCc1cc2c(CNCCc3ccccc3OC)cc(=O)oc2cc1O. The number of nitrogens with one attached hydrogen (secondary N) is 1. The number of fused-ring (bicyclic) bond motifs is 1. The molecule has 2 N–H and O–H groups in total. The van der Waals surface area contributed by atoms with Crippen LogP contribution >= 0.6 is 0 Å². The number of hydrogen-bond donors (Lipinski definition) is 2. The highest BCUT2D eigenvalue weighted by molar-refractivity contribution is 5.82. The summed E-state index contributed by atoms with van der Waals surface area (Å²) in [6, 6.07) is 12.9. The number of phenols is 1. The predicted molar refractivity (Wildman–Crippen MR) is 102 cm³/mol. The molecule has 0 spiro atoms. The largest absolute Gasteiger partial charge is 0.508 e. The van der Waals surface area contributed by atoms with Gasteiger partial charge in [-0.3, -0.25) is 0 Å². The van der Waals surface area contributed by atoms with Crippen molar-refractivity contribution >= 4 is 11.0 Å². The molecule has 0 fully saturated rings. The van der Waals surface area contributed by atoms with E-state index in [-0.39, 0.29) is 5.75 Å². The van der Waals surface area contributed by atoms with E-state index in [9.17, 15) is 9.90 Å². The first-order valence-electron chi connectivity index (χ1n) is 8.73. The van der Waals surface area contributed by atoms with Gasteiger partial charge in [0.25, 0.3) is 0 Å². The van der Waals surface area contributed by atoms with Crippen LogP contribution in [0.25, 0.3) is 11.0 Å². The summed E-state index contributed by atoms with van der Waals surface area (Å²) in [5.74, 6) is 1.03. The van der Waals surface area contributed by atoms with Gasteiger partial charge in [0.05, 0.1) is 7.11 Å². The van der Waals surface area contributed by atoms with Gasteiger partial charge in [0.1, 0.15) is 17.1 Å². The predicted octanol–water partition coefficient (Wildman–Crippen LogP) is 3.40. The number of rotatable bonds is 7. The molecule has 0 aliphatic heterocycles. The van der Waals surface area contributed by atoms with Crippen molar-refractivity contribution in [3.05, 3.63) is 69.6 Å². The first kappa shape index (κ1) is 18.0. The van der Waals surface area contributed by atoms with E-state index >= 15 is 0 Å². The van der Waals surface area contributed by atoms with Gasteiger partial charge in [0.15, 0.2) is 0 Å². The van der Waals surface area contributed by atoms with Gasteiger partial charge < -0.3 is 19.6 Å². The minimum absolute atomic E-state index is 0.157. The first-order valence-corrected chi connectivity index (χ1v) is 8.73. The quantitative estimate of drug-likeness (QED) is 0.503. The summed E-state index contributed by atoms with van der Waals surface area (Å²) in [6.45, 7) is 3.27. The molecule has 0 unspecified atom stereocenters. The number of aromatic hydroxyl groups is 1. The van der Waals surface area contributed by atoms with Crippen LogP contribution in [0.5, 0.6) is 11.5 Å². The van der Waals surface area contributed by atoms with Crippen LogP contribution in [-0.4, -0.2) is 18.8 Å². The lowest BCUT2D eigenvalue weighted by atomic mass is 10.0. The summed E-state index contributed by atoms with van der Waals surface area (Å²) < 4.78 is 10.6. The van der Waals surface area contributed by atoms with Crippen molar-refractivity contribution in [3.8, 4) is 11.5 Å². The van der Waals surface area contributed by atoms with Gasteiger partial charge >= 0.3 is 5.63 Å². The fourth-order valence-electron chi connectivity index (χ4n) is 3.09. The Balaban J connectivity index is 1.75. The Morgan fingerprint density at radius 2 is 1.92 bits per heavy atom. The van der Waals surface area contributed by atoms with E-state index in [0.29, 0.717) is 18.5 Å². The Bertz CT molecular complexity index is 962. The third-order valence-corrected chi connectivity index (χ3v) is 4.49. The molecule has 1 aromatic heterocycles. The molecule has 0 radical (unpaired) electrons. The van der Waals surface area contributed by atoms with Crippen molar-refractivity contribution in [2.75, 3.05) is 13.7 Å². The van der Waals surface area contributed by atoms with Crippen molar-refractivity contribution in [1.29, 1.82) is 0 Å². The molecule has 2 aromatic carbocycles. The van der Waals surface area contributed by atoms with Crippen LogP contribution in [0.4, 0.5) is 0 Å². The third-order valence-electron chi connectivity index (χ3n) is 4.49. The van der Waals surface area contributed by atoms with Crippen molar-refractivity contribution < 1.29 is 14.3 Å². The van der Waals surface area contributed by atoms with Crippen LogP contribution in [0.15, 0.2) is 51.7 Å². The smallest absolute Gasteiger partial charge is 0.336 e. The molecular weight excluding hydrogens is 330 g/mol. The Kier molecular flexibility index (Phi) is 5.58. The van der Waals surface area contributed by atoms with Gasteiger partial charge in [-0.15, -0.1) is 0 Å². The van der Waals surface area contributed by atoms with Crippen molar-refractivity contribution in [2.24, 2.45) is 0 Å². The minimum Gasteiger partial charge on any atom is -0.508 e. The lowest BCUT2D eigenvalue weighted by Crippen LogP contribution is -2.18. The third kappa shape index (κ3) is 3.89. The monoisotopic (exact) mass is 353 g/mol. The number of methoxy groups -OCH3 is 1. The van der Waals surface area contributed by atoms with E-state index in [0.717, 1.165) is 40.8 Å². The van der Waals surface area contributed by atoms with Crippen molar-refractivity contribution in [1.82, 2.24) is 5.32 Å². The molecule has 0 saturated carbocycles. The lowest BCUT2D eigenvalue weighted by molar-refractivity contribution is 0.409. The average molecular weight is 353 g/mol. The second-order valence-corrected chi connectivity index (χ2v) is 6.16. The topological polar surface area (TPSA) is 71.7 Å². The number of aryl methyl sites for hydroxylation is 1. The van der Waals surface area contributed by atoms with Crippen molar-refractivity contribution in [2.45, 2.75) is 26.3 Å². The van der Waals surface area contributed by atoms with Gasteiger partial charge in [-0.05, 0) is 48.2 Å². The summed E-state index contributed by atoms with van der Waals surface area (Å²) in [5, 5.41) is 14.2. The fraction of sp³-hybridized carbons (Fsp3) is 0.286. The minimum atomic E-state index is -0.414. The van der Waals surface area contributed by atoms with E-state index in [1.165, 1.54) is 12.1 Å². The molecule has 0 bridgehead atoms. The van der Waals surface area contributed by atoms with Crippen LogP contribution in [0, 0.1) is 0 Å². The standard InChI is InChI=1S/C21H23NO4/c1-3-14-10-17-16(11-21(24)26-20(17)12-18(14)23)13-22-9-8-15-6-4-5-7-19(15)25-2/h4-7,10-12,22-23H,3,8-9,13H2,1-2H3. The number of hydrogen-bond acceptors (Lipinski definition) is 5. The van der Waals surface area contributed by atoms with Crippen molar-refractivity contribution in [3.63, 3.8) is 0 Å². The molecule has 5 nitrogen and oxygen atoms in total. The molecule has 0 aliphatic rings. The van der Waals surface area contributed by atoms with Crippen LogP contribution in [-0.2, 0) is 19.4 Å². The molecule has 26 heavy (non-hydrogen) atoms. The van der Waals surface area contributed by atoms with Crippen LogP contribution < -0.4 is 15.7 Å². The second kappa shape index (κ2) is 8.06. The average Bonchev–Trinajstić information content (AvgIpc) is 2.64. The fourth-order valence-corrected chi connectivity index (χ4v) is 3.09. The molecule has 5 heteroatoms. The summed E-state index contributed by atoms with van der Waals surface area (Å²) in [7, 11) is 1.67. The zero-order chi connectivity index (χ0) is 18.5. The highest BCUT2D eigenvalue weighted by Crippen LogP contribution is 2.27. The van der Waals surface area contributed by atoms with Gasteiger partial charge in [0.2, 0.25) is 0 Å². The highest BCUT2D eigenvalue weighted by atomic mass is 16.5. The molecule has 0 atom stereocenters. The van der Waals surface area contributed by atoms with E-state index in [1.807, 2.05) is 37.3 Å². The second-order valence-electron chi connectivity index (χ2n) is 6.16. The van der Waals surface area contributed by atoms with Crippen LogP contribution in [0.3, 0.4) is 0 Å². The normalized spacial score (nSPS) is 11.0. The van der Waals surface area contributed by atoms with Gasteiger partial charge in [-0.1, -0.05) is 25.1 Å². The molecule has 1 heterocycles. The highest BCUT2D eigenvalue weighted by Gasteiger charge is 2.10. The summed E-state index contributed by atoms with van der Waals surface area (Å²) in [4.78, 5) is 11.8. The van der Waals surface area contributed by atoms with Crippen LogP contribution in [0.2, 0.25) is 0 Å². The summed E-state index contributed by atoms with van der Waals surface area (Å²) >= 11 is 0. The molecule has 0 saturated heterocycles. The number of ether oxygens (including phenoxy) is 1. The number of para-hydroxylation sites is 1. The summed E-state index contributed by atoms with van der Waals surface area (Å²) in [5.41, 5.74) is 2.84. The molecule has 3 rings (SSSR count). The lowest BCUT2D eigenvalue weighted by Gasteiger charge is -2.11. The molecule has 0 amide bonds. The Morgan fingerprint density at radius 1 is 1.12 bits per heavy atom. The van der Waals surface area contributed by atoms with E-state index in [1.54, 1.807) is 7.11 Å². The molecular formula is C21H23NO4. The number of benzene rings is 2.